The summed E-state index contributed by atoms with van der Waals surface area (Å²) in [6, 6.07) is 9.09. The van der Waals surface area contributed by atoms with Crippen LogP contribution in [0.25, 0.3) is 0 Å². The van der Waals surface area contributed by atoms with Crippen molar-refractivity contribution in [2.24, 2.45) is 5.92 Å². The Labute approximate surface area is 116 Å². The van der Waals surface area contributed by atoms with Gasteiger partial charge in [-0.05, 0) is 55.8 Å². The molecule has 2 heteroatoms. The molecular weight excluding hydrogens is 238 g/mol. The number of benzene rings is 1. The normalized spacial score (nSPS) is 24.1. The standard InChI is InChI=1S/C16H25NS/c1-3-17-12-14-6-10-16(11-7-14)18-15-8-4-13(2)5-9-15/h6-7,10-11,13,15,17H,3-5,8-9,12H2,1-2H3. The van der Waals surface area contributed by atoms with E-state index in [0.29, 0.717) is 0 Å². The van der Waals surface area contributed by atoms with Gasteiger partial charge in [0.15, 0.2) is 0 Å². The molecule has 0 spiro atoms. The van der Waals surface area contributed by atoms with Crippen molar-refractivity contribution in [3.63, 3.8) is 0 Å². The van der Waals surface area contributed by atoms with E-state index in [2.05, 4.69) is 55.2 Å². The van der Waals surface area contributed by atoms with E-state index in [1.807, 2.05) is 0 Å². The minimum Gasteiger partial charge on any atom is -0.313 e. The summed E-state index contributed by atoms with van der Waals surface area (Å²) in [6.45, 7) is 6.56. The summed E-state index contributed by atoms with van der Waals surface area (Å²) in [6.07, 6.45) is 5.61. The second-order valence-corrected chi connectivity index (χ2v) is 6.80. The maximum atomic E-state index is 3.36. The molecule has 1 saturated carbocycles. The zero-order valence-corrected chi connectivity index (χ0v) is 12.4. The van der Waals surface area contributed by atoms with E-state index in [0.717, 1.165) is 24.3 Å². The molecule has 0 saturated heterocycles. The Morgan fingerprint density at radius 1 is 1.11 bits per heavy atom. The molecule has 0 radical (unpaired) electrons. The summed E-state index contributed by atoms with van der Waals surface area (Å²) < 4.78 is 0. The zero-order chi connectivity index (χ0) is 12.8. The first-order valence-corrected chi connectivity index (χ1v) is 8.12. The predicted molar refractivity (Wildman–Crippen MR) is 81.1 cm³/mol. The van der Waals surface area contributed by atoms with E-state index in [1.54, 1.807) is 0 Å². The maximum absolute atomic E-state index is 3.36. The first-order chi connectivity index (χ1) is 8.78. The van der Waals surface area contributed by atoms with Crippen LogP contribution in [0.5, 0.6) is 0 Å². The number of thioether (sulfide) groups is 1. The fraction of sp³-hybridized carbons (Fsp3) is 0.625. The molecule has 18 heavy (non-hydrogen) atoms. The molecule has 1 aromatic rings. The highest BCUT2D eigenvalue weighted by Crippen LogP contribution is 2.35. The van der Waals surface area contributed by atoms with Gasteiger partial charge in [-0.25, -0.2) is 0 Å². The van der Waals surface area contributed by atoms with Crippen LogP contribution < -0.4 is 5.32 Å². The SMILES string of the molecule is CCNCc1ccc(SC2CCC(C)CC2)cc1. The topological polar surface area (TPSA) is 12.0 Å². The lowest BCUT2D eigenvalue weighted by molar-refractivity contribution is 0.393. The lowest BCUT2D eigenvalue weighted by Gasteiger charge is -2.25. The Morgan fingerprint density at radius 3 is 2.39 bits per heavy atom. The third kappa shape index (κ3) is 4.33. The van der Waals surface area contributed by atoms with Crippen LogP contribution in [-0.2, 0) is 6.54 Å². The number of nitrogens with one attached hydrogen (secondary N) is 1. The van der Waals surface area contributed by atoms with Gasteiger partial charge in [-0.1, -0.05) is 26.0 Å². The van der Waals surface area contributed by atoms with E-state index >= 15 is 0 Å². The highest BCUT2D eigenvalue weighted by Gasteiger charge is 2.18. The van der Waals surface area contributed by atoms with Crippen molar-refractivity contribution >= 4 is 11.8 Å². The summed E-state index contributed by atoms with van der Waals surface area (Å²) in [5.74, 6) is 0.948. The van der Waals surface area contributed by atoms with Gasteiger partial charge in [-0.2, -0.15) is 0 Å². The molecule has 0 atom stereocenters. The van der Waals surface area contributed by atoms with E-state index in [1.165, 1.54) is 36.1 Å². The largest absolute Gasteiger partial charge is 0.313 e. The van der Waals surface area contributed by atoms with Gasteiger partial charge >= 0.3 is 0 Å². The highest BCUT2D eigenvalue weighted by atomic mass is 32.2. The third-order valence-corrected chi connectivity index (χ3v) is 5.12. The minimum absolute atomic E-state index is 0.848. The minimum atomic E-state index is 0.848. The monoisotopic (exact) mass is 263 g/mol. The number of rotatable bonds is 5. The lowest BCUT2D eigenvalue weighted by atomic mass is 9.91. The average Bonchev–Trinajstić information content (AvgIpc) is 2.41. The zero-order valence-electron chi connectivity index (χ0n) is 11.6. The Morgan fingerprint density at radius 2 is 1.78 bits per heavy atom. The average molecular weight is 263 g/mol. The molecule has 100 valence electrons. The van der Waals surface area contributed by atoms with Gasteiger partial charge in [0.25, 0.3) is 0 Å². The van der Waals surface area contributed by atoms with Crippen LogP contribution in [0.3, 0.4) is 0 Å². The van der Waals surface area contributed by atoms with E-state index < -0.39 is 0 Å². The van der Waals surface area contributed by atoms with Crippen molar-refractivity contribution < 1.29 is 0 Å². The van der Waals surface area contributed by atoms with Gasteiger partial charge in [-0.3, -0.25) is 0 Å². The molecule has 1 fully saturated rings. The van der Waals surface area contributed by atoms with Gasteiger partial charge in [0.2, 0.25) is 0 Å². The predicted octanol–water partition coefficient (Wildman–Crippen LogP) is 4.47. The van der Waals surface area contributed by atoms with Gasteiger partial charge in [0.1, 0.15) is 0 Å². The van der Waals surface area contributed by atoms with Crippen molar-refractivity contribution in [2.75, 3.05) is 6.54 Å². The number of hydrogen-bond acceptors (Lipinski definition) is 2. The molecule has 0 aromatic heterocycles. The van der Waals surface area contributed by atoms with Gasteiger partial charge in [0.05, 0.1) is 0 Å². The lowest BCUT2D eigenvalue weighted by Crippen LogP contribution is -2.14. The molecule has 0 aliphatic heterocycles. The fourth-order valence-electron chi connectivity index (χ4n) is 2.50. The van der Waals surface area contributed by atoms with Crippen LogP contribution in [0.4, 0.5) is 0 Å². The van der Waals surface area contributed by atoms with E-state index in [-0.39, 0.29) is 0 Å². The molecule has 2 rings (SSSR count). The summed E-state index contributed by atoms with van der Waals surface area (Å²) in [5, 5.41) is 4.21. The van der Waals surface area contributed by atoms with Crippen LogP contribution in [-0.4, -0.2) is 11.8 Å². The van der Waals surface area contributed by atoms with Crippen molar-refractivity contribution in [1.29, 1.82) is 0 Å². The first kappa shape index (κ1) is 14.0. The Balaban J connectivity index is 1.82. The molecule has 0 unspecified atom stereocenters. The summed E-state index contributed by atoms with van der Waals surface area (Å²) in [4.78, 5) is 1.44. The summed E-state index contributed by atoms with van der Waals surface area (Å²) in [7, 11) is 0. The second kappa shape index (κ2) is 7.20. The van der Waals surface area contributed by atoms with Crippen molar-refractivity contribution in [2.45, 2.75) is 56.2 Å². The van der Waals surface area contributed by atoms with Crippen molar-refractivity contribution in [3.8, 4) is 0 Å². The Kier molecular flexibility index (Phi) is 5.58. The second-order valence-electron chi connectivity index (χ2n) is 5.42. The molecular formula is C16H25NS. The summed E-state index contributed by atoms with van der Waals surface area (Å²) >= 11 is 2.08. The van der Waals surface area contributed by atoms with E-state index in [4.69, 9.17) is 0 Å². The van der Waals surface area contributed by atoms with Gasteiger partial charge in [-0.15, -0.1) is 11.8 Å². The van der Waals surface area contributed by atoms with E-state index in [9.17, 15) is 0 Å². The molecule has 0 amide bonds. The van der Waals surface area contributed by atoms with Crippen LogP contribution in [0.1, 0.15) is 45.1 Å². The van der Waals surface area contributed by atoms with Crippen molar-refractivity contribution in [3.05, 3.63) is 29.8 Å². The quantitative estimate of drug-likeness (QED) is 0.841. The molecule has 1 aliphatic rings. The molecule has 1 nitrogen and oxygen atoms in total. The van der Waals surface area contributed by atoms with Gasteiger partial charge < -0.3 is 5.32 Å². The first-order valence-electron chi connectivity index (χ1n) is 7.24. The molecule has 0 heterocycles. The van der Waals surface area contributed by atoms with Crippen molar-refractivity contribution in [1.82, 2.24) is 5.32 Å². The highest BCUT2D eigenvalue weighted by molar-refractivity contribution is 8.00. The summed E-state index contributed by atoms with van der Waals surface area (Å²) in [5.41, 5.74) is 1.39. The van der Waals surface area contributed by atoms with Gasteiger partial charge in [0, 0.05) is 16.7 Å². The molecule has 1 aromatic carbocycles. The van der Waals surface area contributed by atoms with Crippen LogP contribution in [0.2, 0.25) is 0 Å². The Bertz CT molecular complexity index is 339. The third-order valence-electron chi connectivity index (χ3n) is 3.77. The smallest absolute Gasteiger partial charge is 0.0205 e. The van der Waals surface area contributed by atoms with Crippen LogP contribution >= 0.6 is 11.8 Å². The molecule has 0 bridgehead atoms. The van der Waals surface area contributed by atoms with Crippen LogP contribution in [0, 0.1) is 5.92 Å². The molecule has 1 aliphatic carbocycles. The van der Waals surface area contributed by atoms with Crippen LogP contribution in [0.15, 0.2) is 29.2 Å². The molecule has 1 N–H and O–H groups in total. The maximum Gasteiger partial charge on any atom is 0.0205 e. The Hall–Kier alpha value is -0.470. The number of hydrogen-bond donors (Lipinski definition) is 1. The fourth-order valence-corrected chi connectivity index (χ4v) is 3.68.